The molecule has 4 rings (SSSR count). The fraction of sp³-hybridized carbons (Fsp3) is 0.261. The maximum absolute atomic E-state index is 12.1. The van der Waals surface area contributed by atoms with Crippen molar-refractivity contribution in [3.8, 4) is 0 Å². The zero-order chi connectivity index (χ0) is 19.5. The number of aromatic nitrogens is 2. The number of aromatic amines is 1. The minimum absolute atomic E-state index is 0.133. The fourth-order valence-corrected chi connectivity index (χ4v) is 3.84. The molecule has 2 N–H and O–H groups in total. The number of para-hydroxylation sites is 2. The minimum atomic E-state index is -0.133. The third-order valence-corrected chi connectivity index (χ3v) is 5.17. The second-order valence-electron chi connectivity index (χ2n) is 7.17. The van der Waals surface area contributed by atoms with Crippen molar-refractivity contribution >= 4 is 22.5 Å². The van der Waals surface area contributed by atoms with E-state index in [0.717, 1.165) is 22.4 Å². The van der Waals surface area contributed by atoms with Crippen LogP contribution >= 0.6 is 0 Å². The zero-order valence-corrected chi connectivity index (χ0v) is 15.9. The van der Waals surface area contributed by atoms with Crippen LogP contribution in [0.5, 0.6) is 0 Å². The first-order valence-corrected chi connectivity index (χ1v) is 9.57. The van der Waals surface area contributed by atoms with Gasteiger partial charge in [0.25, 0.3) is 0 Å². The number of nitrogens with zero attached hydrogens (tertiary/aromatic N) is 2. The Morgan fingerprint density at radius 1 is 1.14 bits per heavy atom. The van der Waals surface area contributed by atoms with Crippen molar-refractivity contribution in [2.75, 3.05) is 6.54 Å². The van der Waals surface area contributed by atoms with Crippen LogP contribution in [0.4, 0.5) is 0 Å². The molecular weight excluding hydrogens is 350 g/mol. The molecule has 5 nitrogen and oxygen atoms in total. The Balaban J connectivity index is 1.55. The van der Waals surface area contributed by atoms with Gasteiger partial charge in [0.1, 0.15) is 11.6 Å². The average molecular weight is 373 g/mol. The fourth-order valence-electron chi connectivity index (χ4n) is 3.84. The van der Waals surface area contributed by atoms with Gasteiger partial charge in [0.2, 0.25) is 0 Å². The summed E-state index contributed by atoms with van der Waals surface area (Å²) in [5, 5.41) is 10.5. The van der Waals surface area contributed by atoms with Crippen molar-refractivity contribution in [2.24, 2.45) is 4.99 Å². The number of aliphatic hydroxyl groups excluding tert-OH is 1. The number of rotatable bonds is 5. The van der Waals surface area contributed by atoms with Crippen LogP contribution in [0.3, 0.4) is 0 Å². The average Bonchev–Trinajstić information content (AvgIpc) is 3.11. The predicted octanol–water partition coefficient (Wildman–Crippen LogP) is 4.53. The summed E-state index contributed by atoms with van der Waals surface area (Å²) in [5.74, 6) is 1.02. The number of aliphatic imine (C=N–C) groups is 1. The standard InChI is InChI=1S/C23H23N3O2/c1-15(27)23-20(13-17(14-21(23)28)16-7-3-2-4-8-16)24-12-11-22-25-18-9-5-6-10-19(18)26-22/h2-10,17,28H,11-14H2,1H3,(H,25,26)/t17-/m0/s1. The molecule has 142 valence electrons. The molecule has 0 amide bonds. The molecule has 1 atom stereocenters. The van der Waals surface area contributed by atoms with E-state index in [0.29, 0.717) is 37.1 Å². The third-order valence-electron chi connectivity index (χ3n) is 5.17. The van der Waals surface area contributed by atoms with Crippen LogP contribution in [-0.2, 0) is 11.2 Å². The van der Waals surface area contributed by atoms with Crippen molar-refractivity contribution in [1.82, 2.24) is 9.97 Å². The molecule has 1 heterocycles. The van der Waals surface area contributed by atoms with E-state index < -0.39 is 0 Å². The van der Waals surface area contributed by atoms with Crippen molar-refractivity contribution in [3.05, 3.63) is 77.3 Å². The number of carbonyl (C=O) groups excluding carboxylic acids is 1. The van der Waals surface area contributed by atoms with E-state index in [2.05, 4.69) is 22.1 Å². The van der Waals surface area contributed by atoms with Gasteiger partial charge in [-0.2, -0.15) is 0 Å². The summed E-state index contributed by atoms with van der Waals surface area (Å²) < 4.78 is 0. The number of fused-ring (bicyclic) bond motifs is 1. The molecular formula is C23H23N3O2. The molecule has 0 saturated carbocycles. The molecule has 0 spiro atoms. The number of H-pyrrole nitrogens is 1. The molecule has 0 bridgehead atoms. The Kier molecular flexibility index (Phi) is 5.06. The van der Waals surface area contributed by atoms with E-state index in [9.17, 15) is 9.90 Å². The number of allylic oxidation sites excluding steroid dienone is 2. The number of Topliss-reactive ketones (excluding diaryl/α,β-unsaturated/α-hetero) is 1. The lowest BCUT2D eigenvalue weighted by atomic mass is 9.81. The Bertz CT molecular complexity index is 1030. The van der Waals surface area contributed by atoms with Crippen LogP contribution in [0.15, 0.2) is 70.9 Å². The summed E-state index contributed by atoms with van der Waals surface area (Å²) in [6.45, 7) is 2.00. The first-order chi connectivity index (χ1) is 13.6. The van der Waals surface area contributed by atoms with Gasteiger partial charge in [-0.3, -0.25) is 9.79 Å². The van der Waals surface area contributed by atoms with Crippen LogP contribution in [0, 0.1) is 0 Å². The number of imidazole rings is 1. The van der Waals surface area contributed by atoms with Crippen molar-refractivity contribution in [2.45, 2.75) is 32.1 Å². The number of benzene rings is 2. The van der Waals surface area contributed by atoms with E-state index in [1.165, 1.54) is 6.92 Å². The van der Waals surface area contributed by atoms with Gasteiger partial charge in [-0.1, -0.05) is 42.5 Å². The molecule has 0 aliphatic heterocycles. The van der Waals surface area contributed by atoms with Crippen LogP contribution < -0.4 is 0 Å². The highest BCUT2D eigenvalue weighted by Gasteiger charge is 2.29. The number of aliphatic hydroxyl groups is 1. The van der Waals surface area contributed by atoms with E-state index in [1.807, 2.05) is 42.5 Å². The summed E-state index contributed by atoms with van der Waals surface area (Å²) in [6.07, 6.45) is 1.78. The SMILES string of the molecule is CC(=O)C1=C(O)C[C@@H](c2ccccc2)CC1=NCCc1nc2ccccc2[nH]1. The number of hydrogen-bond acceptors (Lipinski definition) is 4. The second kappa shape index (κ2) is 7.80. The monoisotopic (exact) mass is 373 g/mol. The van der Waals surface area contributed by atoms with Gasteiger partial charge in [0.05, 0.1) is 16.6 Å². The quantitative estimate of drug-likeness (QED) is 0.690. The smallest absolute Gasteiger partial charge is 0.164 e. The Morgan fingerprint density at radius 3 is 2.64 bits per heavy atom. The third kappa shape index (κ3) is 3.74. The van der Waals surface area contributed by atoms with Gasteiger partial charge in [-0.25, -0.2) is 4.98 Å². The summed E-state index contributed by atoms with van der Waals surface area (Å²) >= 11 is 0. The van der Waals surface area contributed by atoms with Gasteiger partial charge in [0.15, 0.2) is 5.78 Å². The molecule has 1 aliphatic carbocycles. The van der Waals surface area contributed by atoms with E-state index in [-0.39, 0.29) is 17.5 Å². The summed E-state index contributed by atoms with van der Waals surface area (Å²) in [6, 6.07) is 18.0. The number of nitrogens with one attached hydrogen (secondary N) is 1. The number of carbonyl (C=O) groups is 1. The lowest BCUT2D eigenvalue weighted by Gasteiger charge is -2.25. The first-order valence-electron chi connectivity index (χ1n) is 9.57. The van der Waals surface area contributed by atoms with Gasteiger partial charge in [0, 0.05) is 25.1 Å². The van der Waals surface area contributed by atoms with Gasteiger partial charge < -0.3 is 10.1 Å². The lowest BCUT2D eigenvalue weighted by Crippen LogP contribution is -2.23. The maximum atomic E-state index is 12.1. The summed E-state index contributed by atoms with van der Waals surface area (Å²) in [4.78, 5) is 24.7. The second-order valence-corrected chi connectivity index (χ2v) is 7.17. The van der Waals surface area contributed by atoms with Crippen molar-refractivity contribution in [1.29, 1.82) is 0 Å². The molecule has 1 aromatic heterocycles. The van der Waals surface area contributed by atoms with E-state index >= 15 is 0 Å². The highest BCUT2D eigenvalue weighted by Crippen LogP contribution is 2.34. The highest BCUT2D eigenvalue weighted by atomic mass is 16.3. The topological polar surface area (TPSA) is 78.3 Å². The van der Waals surface area contributed by atoms with Crippen molar-refractivity contribution < 1.29 is 9.90 Å². The predicted molar refractivity (Wildman–Crippen MR) is 111 cm³/mol. The first kappa shape index (κ1) is 18.2. The Hall–Kier alpha value is -3.21. The Morgan fingerprint density at radius 2 is 1.89 bits per heavy atom. The van der Waals surface area contributed by atoms with Gasteiger partial charge in [-0.05, 0) is 37.0 Å². The van der Waals surface area contributed by atoms with Crippen LogP contribution in [0.2, 0.25) is 0 Å². The highest BCUT2D eigenvalue weighted by molar-refractivity contribution is 6.22. The van der Waals surface area contributed by atoms with E-state index in [1.54, 1.807) is 0 Å². The summed E-state index contributed by atoms with van der Waals surface area (Å²) in [5.41, 5.74) is 4.18. The number of hydrogen-bond donors (Lipinski definition) is 2. The number of ketones is 1. The van der Waals surface area contributed by atoms with Crippen LogP contribution in [0.1, 0.15) is 37.1 Å². The normalized spacial score (nSPS) is 18.8. The zero-order valence-electron chi connectivity index (χ0n) is 15.9. The molecule has 2 aromatic carbocycles. The summed E-state index contributed by atoms with van der Waals surface area (Å²) in [7, 11) is 0. The lowest BCUT2D eigenvalue weighted by molar-refractivity contribution is -0.113. The van der Waals surface area contributed by atoms with Gasteiger partial charge in [-0.15, -0.1) is 0 Å². The molecule has 28 heavy (non-hydrogen) atoms. The van der Waals surface area contributed by atoms with Crippen molar-refractivity contribution in [3.63, 3.8) is 0 Å². The Labute approximate surface area is 163 Å². The molecule has 0 radical (unpaired) electrons. The van der Waals surface area contributed by atoms with E-state index in [4.69, 9.17) is 4.99 Å². The van der Waals surface area contributed by atoms with Crippen LogP contribution in [0.25, 0.3) is 11.0 Å². The largest absolute Gasteiger partial charge is 0.511 e. The molecule has 0 unspecified atom stereocenters. The molecule has 1 aliphatic rings. The molecule has 3 aromatic rings. The minimum Gasteiger partial charge on any atom is -0.511 e. The molecule has 5 heteroatoms. The molecule has 0 saturated heterocycles. The van der Waals surface area contributed by atoms with Crippen LogP contribution in [-0.4, -0.2) is 33.1 Å². The molecule has 0 fully saturated rings. The van der Waals surface area contributed by atoms with Gasteiger partial charge >= 0.3 is 0 Å². The maximum Gasteiger partial charge on any atom is 0.164 e.